The van der Waals surface area contributed by atoms with E-state index >= 15 is 0 Å². The first kappa shape index (κ1) is 8.36. The number of anilines is 1. The molecule has 2 heterocycles. The zero-order valence-corrected chi connectivity index (χ0v) is 7.11. The van der Waals surface area contributed by atoms with Gasteiger partial charge in [0.2, 0.25) is 0 Å². The molecule has 0 spiro atoms. The van der Waals surface area contributed by atoms with Crippen molar-refractivity contribution >= 4 is 11.7 Å². The minimum atomic E-state index is -1.05. The van der Waals surface area contributed by atoms with Gasteiger partial charge in [0.05, 0.1) is 5.69 Å². The molecule has 0 aliphatic rings. The van der Waals surface area contributed by atoms with Crippen LogP contribution >= 0.6 is 0 Å². The van der Waals surface area contributed by atoms with Crippen LogP contribution in [0.25, 0.3) is 11.5 Å². The Hall–Kier alpha value is -2.24. The van der Waals surface area contributed by atoms with Gasteiger partial charge >= 0.3 is 5.97 Å². The maximum absolute atomic E-state index is 10.6. The number of nitrogen functional groups attached to an aromatic ring is 1. The molecule has 6 nitrogen and oxygen atoms in total. The van der Waals surface area contributed by atoms with Crippen LogP contribution in [0.2, 0.25) is 0 Å². The van der Waals surface area contributed by atoms with Crippen molar-refractivity contribution in [1.29, 1.82) is 0 Å². The smallest absolute Gasteiger partial charge is 0.352 e. The van der Waals surface area contributed by atoms with Crippen LogP contribution in [0.1, 0.15) is 10.5 Å². The molecular formula is C8H8N4O2. The number of carboxylic acids is 1. The topological polar surface area (TPSA) is 108 Å². The second-order valence-corrected chi connectivity index (χ2v) is 2.76. The van der Waals surface area contributed by atoms with Crippen LogP contribution < -0.4 is 5.73 Å². The third-order valence-corrected chi connectivity index (χ3v) is 1.81. The highest BCUT2D eigenvalue weighted by Crippen LogP contribution is 2.22. The first-order valence-electron chi connectivity index (χ1n) is 3.90. The number of nitrogens with two attached hydrogens (primary N) is 1. The Morgan fingerprint density at radius 3 is 2.86 bits per heavy atom. The van der Waals surface area contributed by atoms with Crippen molar-refractivity contribution in [1.82, 2.24) is 15.0 Å². The Kier molecular flexibility index (Phi) is 1.74. The summed E-state index contributed by atoms with van der Waals surface area (Å²) in [5, 5.41) is 8.70. The van der Waals surface area contributed by atoms with Gasteiger partial charge in [-0.2, -0.15) is 0 Å². The predicted octanol–water partition coefficient (Wildman–Crippen LogP) is 0.685. The van der Waals surface area contributed by atoms with Crippen LogP contribution in [0.15, 0.2) is 18.5 Å². The number of carboxylic acid groups (broad SMARTS) is 1. The fourth-order valence-corrected chi connectivity index (χ4v) is 1.18. The van der Waals surface area contributed by atoms with E-state index in [9.17, 15) is 4.79 Å². The van der Waals surface area contributed by atoms with Crippen molar-refractivity contribution in [3.8, 4) is 11.5 Å². The molecule has 0 aliphatic heterocycles. The number of imidazole rings is 1. The molecule has 0 atom stereocenters. The summed E-state index contributed by atoms with van der Waals surface area (Å²) in [5.41, 5.74) is 6.52. The molecule has 0 amide bonds. The molecule has 0 fully saturated rings. The number of hydrogen-bond acceptors (Lipinski definition) is 3. The fraction of sp³-hybridized carbons (Fsp3) is 0. The van der Waals surface area contributed by atoms with Crippen molar-refractivity contribution in [3.05, 3.63) is 24.2 Å². The Morgan fingerprint density at radius 1 is 1.57 bits per heavy atom. The predicted molar refractivity (Wildman–Crippen MR) is 49.7 cm³/mol. The van der Waals surface area contributed by atoms with Crippen molar-refractivity contribution in [2.75, 3.05) is 5.73 Å². The molecule has 6 heteroatoms. The highest BCUT2D eigenvalue weighted by molar-refractivity contribution is 5.89. The molecule has 0 unspecified atom stereocenters. The average Bonchev–Trinajstić information content (AvgIpc) is 2.71. The number of rotatable bonds is 2. The van der Waals surface area contributed by atoms with Gasteiger partial charge in [0.25, 0.3) is 0 Å². The number of nitrogens with one attached hydrogen (secondary N) is 2. The molecule has 0 aromatic carbocycles. The summed E-state index contributed by atoms with van der Waals surface area (Å²) in [6, 6.07) is 1.36. The van der Waals surface area contributed by atoms with E-state index in [2.05, 4.69) is 15.0 Å². The normalized spacial score (nSPS) is 10.3. The van der Waals surface area contributed by atoms with Gasteiger partial charge in [-0.15, -0.1) is 0 Å². The fourth-order valence-electron chi connectivity index (χ4n) is 1.18. The lowest BCUT2D eigenvalue weighted by Gasteiger charge is -1.93. The van der Waals surface area contributed by atoms with Gasteiger partial charge in [-0.05, 0) is 6.07 Å². The van der Waals surface area contributed by atoms with Gasteiger partial charge < -0.3 is 20.8 Å². The number of nitrogens with zero attached hydrogens (tertiary/aromatic N) is 1. The van der Waals surface area contributed by atoms with Crippen molar-refractivity contribution in [2.45, 2.75) is 0 Å². The molecule has 2 aromatic heterocycles. The summed E-state index contributed by atoms with van der Waals surface area (Å²) < 4.78 is 0. The van der Waals surface area contributed by atoms with E-state index in [4.69, 9.17) is 10.8 Å². The summed E-state index contributed by atoms with van der Waals surface area (Å²) in [4.78, 5) is 20.1. The Morgan fingerprint density at radius 2 is 2.36 bits per heavy atom. The highest BCUT2D eigenvalue weighted by Gasteiger charge is 2.13. The Labute approximate surface area is 78.8 Å². The van der Waals surface area contributed by atoms with Crippen molar-refractivity contribution < 1.29 is 9.90 Å². The quantitative estimate of drug-likeness (QED) is 0.561. The summed E-state index contributed by atoms with van der Waals surface area (Å²) in [5.74, 6) is -0.524. The van der Waals surface area contributed by atoms with Gasteiger partial charge in [-0.1, -0.05) is 0 Å². The lowest BCUT2D eigenvalue weighted by atomic mass is 10.3. The van der Waals surface area contributed by atoms with E-state index in [1.807, 2.05) is 0 Å². The molecule has 0 saturated heterocycles. The van der Waals surface area contributed by atoms with Crippen molar-refractivity contribution in [2.24, 2.45) is 0 Å². The number of aromatic amines is 2. The number of aromatic carboxylic acids is 1. The third-order valence-electron chi connectivity index (χ3n) is 1.81. The molecular weight excluding hydrogens is 184 g/mol. The van der Waals surface area contributed by atoms with E-state index in [1.165, 1.54) is 6.07 Å². The van der Waals surface area contributed by atoms with Crippen LogP contribution in [0.5, 0.6) is 0 Å². The van der Waals surface area contributed by atoms with Gasteiger partial charge in [0.15, 0.2) is 5.82 Å². The molecule has 2 aromatic rings. The van der Waals surface area contributed by atoms with Crippen LogP contribution in [0, 0.1) is 0 Å². The summed E-state index contributed by atoms with van der Waals surface area (Å²) in [6.07, 6.45) is 3.20. The van der Waals surface area contributed by atoms with E-state index in [0.717, 1.165) is 0 Å². The summed E-state index contributed by atoms with van der Waals surface area (Å²) in [6.45, 7) is 0. The standard InChI is InChI=1S/C8H8N4O2/c9-4-3-5(8(13)14)12-6(4)7-10-1-2-11-7/h1-3,12H,9H2,(H,10,11)(H,13,14). The van der Waals surface area contributed by atoms with Crippen LogP contribution in [0.3, 0.4) is 0 Å². The first-order chi connectivity index (χ1) is 6.68. The molecule has 0 radical (unpaired) electrons. The second-order valence-electron chi connectivity index (χ2n) is 2.76. The SMILES string of the molecule is Nc1cc(C(=O)O)[nH]c1-c1ncc[nH]1. The molecule has 0 saturated carbocycles. The molecule has 2 rings (SSSR count). The monoisotopic (exact) mass is 192 g/mol. The minimum Gasteiger partial charge on any atom is -0.477 e. The number of hydrogen-bond donors (Lipinski definition) is 4. The lowest BCUT2D eigenvalue weighted by Crippen LogP contribution is -1.95. The molecule has 0 aliphatic carbocycles. The van der Waals surface area contributed by atoms with Crippen LogP contribution in [0.4, 0.5) is 5.69 Å². The first-order valence-corrected chi connectivity index (χ1v) is 3.90. The average molecular weight is 192 g/mol. The number of carbonyl (C=O) groups is 1. The molecule has 0 bridgehead atoms. The van der Waals surface area contributed by atoms with Gasteiger partial charge in [-0.25, -0.2) is 9.78 Å². The Bertz CT molecular complexity index is 458. The number of H-pyrrole nitrogens is 2. The van der Waals surface area contributed by atoms with Crippen molar-refractivity contribution in [3.63, 3.8) is 0 Å². The lowest BCUT2D eigenvalue weighted by molar-refractivity contribution is 0.0691. The maximum Gasteiger partial charge on any atom is 0.352 e. The summed E-state index contributed by atoms with van der Waals surface area (Å²) >= 11 is 0. The van der Waals surface area contributed by atoms with Gasteiger partial charge in [0.1, 0.15) is 11.4 Å². The molecule has 72 valence electrons. The highest BCUT2D eigenvalue weighted by atomic mass is 16.4. The molecule has 5 N–H and O–H groups in total. The zero-order valence-electron chi connectivity index (χ0n) is 7.11. The summed E-state index contributed by atoms with van der Waals surface area (Å²) in [7, 11) is 0. The second kappa shape index (κ2) is 2.91. The van der Waals surface area contributed by atoms with E-state index in [-0.39, 0.29) is 5.69 Å². The van der Waals surface area contributed by atoms with Gasteiger partial charge in [0, 0.05) is 12.4 Å². The van der Waals surface area contributed by atoms with Gasteiger partial charge in [-0.3, -0.25) is 0 Å². The minimum absolute atomic E-state index is 0.0499. The van der Waals surface area contributed by atoms with E-state index in [0.29, 0.717) is 17.2 Å². The van der Waals surface area contributed by atoms with E-state index < -0.39 is 5.97 Å². The molecule has 14 heavy (non-hydrogen) atoms. The van der Waals surface area contributed by atoms with Crippen LogP contribution in [-0.4, -0.2) is 26.0 Å². The van der Waals surface area contributed by atoms with E-state index in [1.54, 1.807) is 12.4 Å². The zero-order chi connectivity index (χ0) is 10.1. The largest absolute Gasteiger partial charge is 0.477 e. The number of aromatic nitrogens is 3. The Balaban J connectivity index is 2.50. The third kappa shape index (κ3) is 1.22. The maximum atomic E-state index is 10.6. The van der Waals surface area contributed by atoms with Crippen LogP contribution in [-0.2, 0) is 0 Å².